The van der Waals surface area contributed by atoms with Crippen molar-refractivity contribution < 1.29 is 14.1 Å². The number of amides is 1. The molecule has 0 bridgehead atoms. The van der Waals surface area contributed by atoms with E-state index in [1.807, 2.05) is 41.3 Å². The molecule has 7 nitrogen and oxygen atoms in total. The Kier molecular flexibility index (Phi) is 5.67. The predicted molar refractivity (Wildman–Crippen MR) is 111 cm³/mol. The zero-order chi connectivity index (χ0) is 20.2. The number of piperidine rings is 1. The highest BCUT2D eigenvalue weighted by Crippen LogP contribution is 2.28. The van der Waals surface area contributed by atoms with Crippen LogP contribution in [0.15, 0.2) is 53.1 Å². The minimum Gasteiger partial charge on any atom is -0.495 e. The van der Waals surface area contributed by atoms with Crippen LogP contribution in [0.5, 0.6) is 5.75 Å². The summed E-state index contributed by atoms with van der Waals surface area (Å²) in [6.45, 7) is 1.35. The van der Waals surface area contributed by atoms with Crippen molar-refractivity contribution in [2.75, 3.05) is 30.4 Å². The molecule has 0 radical (unpaired) electrons. The van der Waals surface area contributed by atoms with E-state index in [4.69, 9.17) is 20.9 Å². The molecule has 8 heteroatoms. The first-order valence-electron chi connectivity index (χ1n) is 9.42. The summed E-state index contributed by atoms with van der Waals surface area (Å²) in [5, 5.41) is 7.69. The zero-order valence-corrected chi connectivity index (χ0v) is 16.7. The van der Waals surface area contributed by atoms with Crippen molar-refractivity contribution in [3.8, 4) is 17.1 Å². The lowest BCUT2D eigenvalue weighted by Gasteiger charge is -2.29. The van der Waals surface area contributed by atoms with Crippen molar-refractivity contribution >= 4 is 29.2 Å². The first-order valence-corrected chi connectivity index (χ1v) is 9.80. The average molecular weight is 413 g/mol. The van der Waals surface area contributed by atoms with Crippen LogP contribution in [0.3, 0.4) is 0 Å². The van der Waals surface area contributed by atoms with Gasteiger partial charge in [-0.2, -0.15) is 4.98 Å². The lowest BCUT2D eigenvalue weighted by molar-refractivity contribution is -0.120. The molecule has 0 saturated carbocycles. The number of ether oxygens (including phenoxy) is 1. The van der Waals surface area contributed by atoms with Crippen LogP contribution in [-0.2, 0) is 4.79 Å². The Bertz CT molecular complexity index is 982. The van der Waals surface area contributed by atoms with Crippen molar-refractivity contribution in [2.45, 2.75) is 12.8 Å². The molecule has 0 atom stereocenters. The molecule has 1 saturated heterocycles. The summed E-state index contributed by atoms with van der Waals surface area (Å²) in [6, 6.07) is 15.2. The first kappa shape index (κ1) is 19.3. The second kappa shape index (κ2) is 8.53. The van der Waals surface area contributed by atoms with E-state index in [1.165, 1.54) is 0 Å². The second-order valence-electron chi connectivity index (χ2n) is 6.86. The van der Waals surface area contributed by atoms with Gasteiger partial charge < -0.3 is 19.5 Å². The van der Waals surface area contributed by atoms with E-state index in [0.717, 1.165) is 5.56 Å². The standard InChI is InChI=1S/C21H21ClN4O3/c1-28-18-5-3-2-4-17(18)23-20(27)15-10-12-26(13-11-15)21-24-19(25-29-21)14-6-8-16(22)9-7-14/h2-9,15H,10-13H2,1H3,(H,23,27). The second-order valence-corrected chi connectivity index (χ2v) is 7.29. The van der Waals surface area contributed by atoms with Crippen LogP contribution in [0.2, 0.25) is 5.02 Å². The van der Waals surface area contributed by atoms with Crippen LogP contribution < -0.4 is 15.0 Å². The highest BCUT2D eigenvalue weighted by molar-refractivity contribution is 6.30. The van der Waals surface area contributed by atoms with Crippen molar-refractivity contribution in [1.29, 1.82) is 0 Å². The molecule has 0 aliphatic carbocycles. The molecule has 3 aromatic rings. The molecule has 29 heavy (non-hydrogen) atoms. The minimum atomic E-state index is -0.0742. The number of benzene rings is 2. The van der Waals surface area contributed by atoms with Gasteiger partial charge in [-0.15, -0.1) is 0 Å². The molecule has 1 aromatic heterocycles. The van der Waals surface area contributed by atoms with Crippen LogP contribution in [0.1, 0.15) is 12.8 Å². The third-order valence-electron chi connectivity index (χ3n) is 5.02. The fourth-order valence-corrected chi connectivity index (χ4v) is 3.50. The molecular formula is C21H21ClN4O3. The van der Waals surface area contributed by atoms with Gasteiger partial charge in [-0.25, -0.2) is 0 Å². The van der Waals surface area contributed by atoms with Crippen LogP contribution in [0, 0.1) is 5.92 Å². The van der Waals surface area contributed by atoms with Gasteiger partial charge in [0.25, 0.3) is 0 Å². The Morgan fingerprint density at radius 2 is 1.90 bits per heavy atom. The van der Waals surface area contributed by atoms with E-state index in [2.05, 4.69) is 15.5 Å². The maximum atomic E-state index is 12.6. The number of carbonyl (C=O) groups excluding carboxylic acids is 1. The predicted octanol–water partition coefficient (Wildman–Crippen LogP) is 4.25. The van der Waals surface area contributed by atoms with Gasteiger partial charge in [0.2, 0.25) is 11.7 Å². The number of halogens is 1. The van der Waals surface area contributed by atoms with Crippen molar-refractivity contribution in [1.82, 2.24) is 10.1 Å². The average Bonchev–Trinajstić information content (AvgIpc) is 3.25. The van der Waals surface area contributed by atoms with Gasteiger partial charge in [0, 0.05) is 29.6 Å². The largest absolute Gasteiger partial charge is 0.495 e. The number of aromatic nitrogens is 2. The minimum absolute atomic E-state index is 0.00142. The Balaban J connectivity index is 1.36. The third kappa shape index (κ3) is 4.35. The van der Waals surface area contributed by atoms with E-state index in [1.54, 1.807) is 19.2 Å². The van der Waals surface area contributed by atoms with E-state index >= 15 is 0 Å². The number of methoxy groups -OCH3 is 1. The summed E-state index contributed by atoms with van der Waals surface area (Å²) in [7, 11) is 1.59. The lowest BCUT2D eigenvalue weighted by Crippen LogP contribution is -2.38. The van der Waals surface area contributed by atoms with Gasteiger partial charge in [0.15, 0.2) is 0 Å². The van der Waals surface area contributed by atoms with E-state index < -0.39 is 0 Å². The summed E-state index contributed by atoms with van der Waals surface area (Å²) in [5.41, 5.74) is 1.53. The monoisotopic (exact) mass is 412 g/mol. The normalized spacial score (nSPS) is 14.6. The zero-order valence-electron chi connectivity index (χ0n) is 16.0. The van der Waals surface area contributed by atoms with Crippen molar-refractivity contribution in [3.63, 3.8) is 0 Å². The highest BCUT2D eigenvalue weighted by atomic mass is 35.5. The van der Waals surface area contributed by atoms with E-state index in [-0.39, 0.29) is 11.8 Å². The number of nitrogens with one attached hydrogen (secondary N) is 1. The smallest absolute Gasteiger partial charge is 0.324 e. The number of para-hydroxylation sites is 2. The number of rotatable bonds is 5. The molecule has 1 amide bonds. The van der Waals surface area contributed by atoms with Gasteiger partial charge >= 0.3 is 6.01 Å². The summed E-state index contributed by atoms with van der Waals surface area (Å²) in [6.07, 6.45) is 1.42. The maximum absolute atomic E-state index is 12.6. The van der Waals surface area contributed by atoms with Crippen LogP contribution in [0.4, 0.5) is 11.7 Å². The molecule has 1 aliphatic heterocycles. The fraction of sp³-hybridized carbons (Fsp3) is 0.286. The summed E-state index contributed by atoms with van der Waals surface area (Å²) >= 11 is 5.92. The summed E-state index contributed by atoms with van der Waals surface area (Å²) in [5.74, 6) is 1.10. The van der Waals surface area contributed by atoms with Gasteiger partial charge in [0.05, 0.1) is 12.8 Å². The number of hydrogen-bond acceptors (Lipinski definition) is 6. The van der Waals surface area contributed by atoms with E-state index in [9.17, 15) is 4.79 Å². The Morgan fingerprint density at radius 3 is 2.62 bits per heavy atom. The number of nitrogens with zero attached hydrogens (tertiary/aromatic N) is 3. The molecule has 0 spiro atoms. The molecule has 2 aromatic carbocycles. The van der Waals surface area contributed by atoms with Crippen LogP contribution >= 0.6 is 11.6 Å². The van der Waals surface area contributed by atoms with Gasteiger partial charge in [0.1, 0.15) is 5.75 Å². The molecule has 2 heterocycles. The molecule has 4 rings (SSSR count). The Morgan fingerprint density at radius 1 is 1.17 bits per heavy atom. The molecule has 1 fully saturated rings. The van der Waals surface area contributed by atoms with Gasteiger partial charge in [-0.3, -0.25) is 4.79 Å². The Labute approximate surface area is 173 Å². The van der Waals surface area contributed by atoms with Crippen molar-refractivity contribution in [3.05, 3.63) is 53.6 Å². The molecular weight excluding hydrogens is 392 g/mol. The molecule has 150 valence electrons. The van der Waals surface area contributed by atoms with Crippen LogP contribution in [0.25, 0.3) is 11.4 Å². The summed E-state index contributed by atoms with van der Waals surface area (Å²) < 4.78 is 10.7. The van der Waals surface area contributed by atoms with E-state index in [0.29, 0.717) is 54.2 Å². The van der Waals surface area contributed by atoms with Crippen LogP contribution in [-0.4, -0.2) is 36.2 Å². The third-order valence-corrected chi connectivity index (χ3v) is 5.27. The molecule has 1 aliphatic rings. The van der Waals surface area contributed by atoms with Gasteiger partial charge in [-0.05, 0) is 49.2 Å². The lowest BCUT2D eigenvalue weighted by atomic mass is 9.96. The molecule has 1 N–H and O–H groups in total. The number of hydrogen-bond donors (Lipinski definition) is 1. The SMILES string of the molecule is COc1ccccc1NC(=O)C1CCN(c2nc(-c3ccc(Cl)cc3)no2)CC1. The summed E-state index contributed by atoms with van der Waals surface area (Å²) in [4.78, 5) is 19.1. The van der Waals surface area contributed by atoms with Gasteiger partial charge in [-0.1, -0.05) is 28.9 Å². The number of carbonyl (C=O) groups is 1. The van der Waals surface area contributed by atoms with Crippen molar-refractivity contribution in [2.24, 2.45) is 5.92 Å². The molecule has 0 unspecified atom stereocenters. The quantitative estimate of drug-likeness (QED) is 0.674. The first-order chi connectivity index (χ1) is 14.1. The topological polar surface area (TPSA) is 80.5 Å². The number of anilines is 2. The Hall–Kier alpha value is -3.06. The highest BCUT2D eigenvalue weighted by Gasteiger charge is 2.28. The maximum Gasteiger partial charge on any atom is 0.324 e. The fourth-order valence-electron chi connectivity index (χ4n) is 3.38.